The van der Waals surface area contributed by atoms with Crippen molar-refractivity contribution in [3.8, 4) is 17.2 Å². The summed E-state index contributed by atoms with van der Waals surface area (Å²) in [6.07, 6.45) is 1.73. The molecule has 1 atom stereocenters. The van der Waals surface area contributed by atoms with E-state index < -0.39 is 0 Å². The van der Waals surface area contributed by atoms with Crippen LogP contribution in [0.25, 0.3) is 38.1 Å². The molecule has 8 heteroatoms. The van der Waals surface area contributed by atoms with Crippen molar-refractivity contribution in [2.45, 2.75) is 13.0 Å². The molecule has 0 aliphatic carbocycles. The lowest BCUT2D eigenvalue weighted by molar-refractivity contribution is -0.123. The van der Waals surface area contributed by atoms with Gasteiger partial charge in [-0.15, -0.1) is 0 Å². The highest BCUT2D eigenvalue weighted by molar-refractivity contribution is 6.19. The molecule has 8 nitrogen and oxygen atoms in total. The average molecular weight is 508 g/mol. The number of benzene rings is 3. The SMILES string of the molecule is COc1ccc2c(c1OC)c(=O)n1c3ccc(OCC(=O)N[C@@H](C)c4ccccc4)cc3c3ccnc2c31. The number of carbonyl (C=O) groups excluding carboxylic acids is 1. The largest absolute Gasteiger partial charge is 0.493 e. The van der Waals surface area contributed by atoms with E-state index in [1.807, 2.05) is 61.5 Å². The Labute approximate surface area is 217 Å². The molecular weight excluding hydrogens is 482 g/mol. The van der Waals surface area contributed by atoms with Crippen LogP contribution in [0.2, 0.25) is 0 Å². The number of amides is 1. The van der Waals surface area contributed by atoms with Crippen LogP contribution < -0.4 is 25.1 Å². The van der Waals surface area contributed by atoms with E-state index in [9.17, 15) is 9.59 Å². The van der Waals surface area contributed by atoms with Gasteiger partial charge in [-0.25, -0.2) is 0 Å². The van der Waals surface area contributed by atoms with Gasteiger partial charge in [0.15, 0.2) is 18.1 Å². The molecule has 0 saturated heterocycles. The molecule has 1 amide bonds. The monoisotopic (exact) mass is 507 g/mol. The molecule has 0 aliphatic heterocycles. The van der Waals surface area contributed by atoms with Gasteiger partial charge in [-0.2, -0.15) is 0 Å². The van der Waals surface area contributed by atoms with E-state index in [0.717, 1.165) is 21.9 Å². The van der Waals surface area contributed by atoms with Crippen molar-refractivity contribution in [3.05, 3.63) is 88.8 Å². The fraction of sp³-hybridized carbons (Fsp3) is 0.167. The van der Waals surface area contributed by atoms with Crippen molar-refractivity contribution >= 4 is 44.0 Å². The van der Waals surface area contributed by atoms with Crippen molar-refractivity contribution in [1.82, 2.24) is 14.7 Å². The Kier molecular flexibility index (Phi) is 5.72. The maximum atomic E-state index is 13.9. The Bertz CT molecular complexity index is 1880. The van der Waals surface area contributed by atoms with Crippen LogP contribution in [-0.2, 0) is 4.79 Å². The van der Waals surface area contributed by atoms with Crippen LogP contribution in [0.5, 0.6) is 17.2 Å². The van der Waals surface area contributed by atoms with E-state index in [1.165, 1.54) is 14.2 Å². The van der Waals surface area contributed by atoms with E-state index in [0.29, 0.717) is 39.1 Å². The zero-order valence-electron chi connectivity index (χ0n) is 21.1. The van der Waals surface area contributed by atoms with E-state index in [-0.39, 0.29) is 24.1 Å². The Hall–Kier alpha value is -4.85. The third kappa shape index (κ3) is 3.64. The molecule has 0 aliphatic rings. The molecule has 38 heavy (non-hydrogen) atoms. The molecule has 6 aromatic rings. The molecule has 0 saturated carbocycles. The summed E-state index contributed by atoms with van der Waals surface area (Å²) < 4.78 is 18.5. The lowest BCUT2D eigenvalue weighted by Crippen LogP contribution is -2.31. The quantitative estimate of drug-likeness (QED) is 0.310. The summed E-state index contributed by atoms with van der Waals surface area (Å²) in [5, 5.41) is 5.74. The Morgan fingerprint density at radius 1 is 0.974 bits per heavy atom. The van der Waals surface area contributed by atoms with Crippen molar-refractivity contribution in [1.29, 1.82) is 0 Å². The first-order chi connectivity index (χ1) is 18.5. The summed E-state index contributed by atoms with van der Waals surface area (Å²) in [5.41, 5.74) is 2.91. The molecule has 0 bridgehead atoms. The standard InChI is InChI=1S/C30H25N3O5/c1-17(18-7-5-4-6-8-18)32-25(34)16-38-19-9-11-23-22(15-19)20-13-14-31-27-21-10-12-24(36-2)29(37-3)26(21)30(35)33(23)28(20)27/h4-15,17H,16H2,1-3H3,(H,32,34)/t17-/m0/s1. The van der Waals surface area contributed by atoms with Gasteiger partial charge in [0.25, 0.3) is 11.5 Å². The van der Waals surface area contributed by atoms with Gasteiger partial charge in [-0.3, -0.25) is 19.0 Å². The Morgan fingerprint density at radius 3 is 2.55 bits per heavy atom. The van der Waals surface area contributed by atoms with Crippen LogP contribution in [0.1, 0.15) is 18.5 Å². The van der Waals surface area contributed by atoms with Crippen LogP contribution in [0.3, 0.4) is 0 Å². The molecule has 3 heterocycles. The van der Waals surface area contributed by atoms with Gasteiger partial charge in [-0.05, 0) is 48.9 Å². The Morgan fingerprint density at radius 2 is 1.79 bits per heavy atom. The summed E-state index contributed by atoms with van der Waals surface area (Å²) in [7, 11) is 3.06. The first-order valence-electron chi connectivity index (χ1n) is 12.2. The molecule has 190 valence electrons. The number of pyridine rings is 2. The zero-order valence-corrected chi connectivity index (χ0v) is 21.1. The number of nitrogens with zero attached hydrogens (tertiary/aromatic N) is 2. The number of methoxy groups -OCH3 is 2. The second-order valence-corrected chi connectivity index (χ2v) is 9.09. The minimum absolute atomic E-state index is 0.129. The second-order valence-electron chi connectivity index (χ2n) is 9.09. The number of rotatable bonds is 7. The Balaban J connectivity index is 1.40. The molecule has 0 radical (unpaired) electrons. The molecule has 1 N–H and O–H groups in total. The van der Waals surface area contributed by atoms with Gasteiger partial charge in [0.05, 0.1) is 42.2 Å². The summed E-state index contributed by atoms with van der Waals surface area (Å²) in [5.74, 6) is 1.15. The summed E-state index contributed by atoms with van der Waals surface area (Å²) in [6, 6.07) is 20.6. The number of fused-ring (bicyclic) bond motifs is 5. The molecule has 6 rings (SSSR count). The molecule has 0 fully saturated rings. The van der Waals surface area contributed by atoms with Gasteiger partial charge < -0.3 is 19.5 Å². The van der Waals surface area contributed by atoms with Crippen LogP contribution >= 0.6 is 0 Å². The fourth-order valence-corrected chi connectivity index (χ4v) is 5.15. The lowest BCUT2D eigenvalue weighted by Gasteiger charge is -2.14. The van der Waals surface area contributed by atoms with Gasteiger partial charge in [-0.1, -0.05) is 30.3 Å². The number of aromatic nitrogens is 2. The average Bonchev–Trinajstić information content (AvgIpc) is 3.29. The van der Waals surface area contributed by atoms with Crippen LogP contribution in [0.4, 0.5) is 0 Å². The fourth-order valence-electron chi connectivity index (χ4n) is 5.15. The number of ether oxygens (including phenoxy) is 3. The highest BCUT2D eigenvalue weighted by Crippen LogP contribution is 2.39. The summed E-state index contributed by atoms with van der Waals surface area (Å²) in [6.45, 7) is 1.80. The first-order valence-corrected chi connectivity index (χ1v) is 12.2. The summed E-state index contributed by atoms with van der Waals surface area (Å²) >= 11 is 0. The molecule has 3 aromatic heterocycles. The van der Waals surface area contributed by atoms with E-state index >= 15 is 0 Å². The normalized spacial score (nSPS) is 12.3. The van der Waals surface area contributed by atoms with E-state index in [2.05, 4.69) is 10.3 Å². The molecular formula is C30H25N3O5. The van der Waals surface area contributed by atoms with Crippen LogP contribution in [-0.4, -0.2) is 36.1 Å². The highest BCUT2D eigenvalue weighted by atomic mass is 16.5. The van der Waals surface area contributed by atoms with Crippen molar-refractivity contribution in [2.75, 3.05) is 20.8 Å². The minimum atomic E-state index is -0.223. The molecule has 0 spiro atoms. The number of nitrogens with one attached hydrogen (secondary N) is 1. The van der Waals surface area contributed by atoms with Gasteiger partial charge in [0.1, 0.15) is 5.75 Å². The minimum Gasteiger partial charge on any atom is -0.493 e. The highest BCUT2D eigenvalue weighted by Gasteiger charge is 2.22. The van der Waals surface area contributed by atoms with E-state index in [1.54, 1.807) is 22.7 Å². The predicted octanol–water partition coefficient (Wildman–Crippen LogP) is 4.87. The lowest BCUT2D eigenvalue weighted by atomic mass is 10.1. The topological polar surface area (TPSA) is 91.2 Å². The zero-order chi connectivity index (χ0) is 26.4. The van der Waals surface area contributed by atoms with Crippen molar-refractivity contribution in [2.24, 2.45) is 0 Å². The molecule has 0 unspecified atom stereocenters. The van der Waals surface area contributed by atoms with Gasteiger partial charge in [0, 0.05) is 22.4 Å². The second kappa shape index (κ2) is 9.23. The predicted molar refractivity (Wildman–Crippen MR) is 147 cm³/mol. The van der Waals surface area contributed by atoms with Crippen molar-refractivity contribution in [3.63, 3.8) is 0 Å². The number of carbonyl (C=O) groups is 1. The third-order valence-electron chi connectivity index (χ3n) is 6.91. The number of hydrogen-bond acceptors (Lipinski definition) is 6. The van der Waals surface area contributed by atoms with Gasteiger partial charge in [0.2, 0.25) is 0 Å². The van der Waals surface area contributed by atoms with E-state index in [4.69, 9.17) is 14.2 Å². The smallest absolute Gasteiger partial charge is 0.267 e. The number of hydrogen-bond donors (Lipinski definition) is 1. The van der Waals surface area contributed by atoms with Gasteiger partial charge >= 0.3 is 0 Å². The first kappa shape index (κ1) is 23.5. The maximum absolute atomic E-state index is 13.9. The van der Waals surface area contributed by atoms with Crippen LogP contribution in [0.15, 0.2) is 77.7 Å². The third-order valence-corrected chi connectivity index (χ3v) is 6.91. The summed E-state index contributed by atoms with van der Waals surface area (Å²) in [4.78, 5) is 31.0. The van der Waals surface area contributed by atoms with Crippen molar-refractivity contribution < 1.29 is 19.0 Å². The maximum Gasteiger partial charge on any atom is 0.267 e. The van der Waals surface area contributed by atoms with Crippen LogP contribution in [0, 0.1) is 0 Å². The molecule has 3 aromatic carbocycles.